The van der Waals surface area contributed by atoms with Crippen LogP contribution in [0.3, 0.4) is 0 Å². The number of piperidine rings is 3. The molecular formula is C34H46N4O3. The highest BCUT2D eigenvalue weighted by Crippen LogP contribution is 2.48. The standard InChI is InChI=1S/C34H46N4O3/c1-21-13-23-15-24(14-21)17-27(16-23)37-25-8-6-9-26(37)19-28(18-25)38-30-11-4-3-10-29(30)35-33(34(38)41)31-12-5-7-22(2)36(31)20-32(39)40/h3-4,10-11,21,23-28,31H,2,5-9,12-20H2,1H3,(H,39,40)/t21?,23-,24+,25-,26+,27?,28?,31?. The van der Waals surface area contributed by atoms with Crippen LogP contribution >= 0.6 is 0 Å². The van der Waals surface area contributed by atoms with Crippen molar-refractivity contribution in [2.75, 3.05) is 6.54 Å². The highest BCUT2D eigenvalue weighted by Gasteiger charge is 2.46. The van der Waals surface area contributed by atoms with Crippen molar-refractivity contribution < 1.29 is 9.90 Å². The maximum Gasteiger partial charge on any atom is 0.323 e. The third kappa shape index (κ3) is 5.02. The Morgan fingerprint density at radius 3 is 2.34 bits per heavy atom. The fraction of sp³-hybridized carbons (Fsp3) is 0.676. The summed E-state index contributed by atoms with van der Waals surface area (Å²) in [5.41, 5.74) is 3.00. The topological polar surface area (TPSA) is 78.7 Å². The van der Waals surface area contributed by atoms with Crippen molar-refractivity contribution in [3.63, 3.8) is 0 Å². The minimum Gasteiger partial charge on any atom is -0.480 e. The van der Waals surface area contributed by atoms with E-state index in [4.69, 9.17) is 4.98 Å². The molecule has 3 saturated heterocycles. The van der Waals surface area contributed by atoms with Gasteiger partial charge in [0.2, 0.25) is 0 Å². The van der Waals surface area contributed by atoms with E-state index >= 15 is 0 Å². The van der Waals surface area contributed by atoms with E-state index in [9.17, 15) is 14.7 Å². The number of para-hydroxylation sites is 2. The molecule has 1 N–H and O–H groups in total. The van der Waals surface area contributed by atoms with Gasteiger partial charge in [0.1, 0.15) is 12.2 Å². The zero-order valence-corrected chi connectivity index (χ0v) is 24.6. The maximum absolute atomic E-state index is 14.5. The van der Waals surface area contributed by atoms with Crippen molar-refractivity contribution in [3.8, 4) is 0 Å². The maximum atomic E-state index is 14.5. The van der Waals surface area contributed by atoms with Crippen LogP contribution in [0.4, 0.5) is 0 Å². The molecule has 7 nitrogen and oxygen atoms in total. The van der Waals surface area contributed by atoms with Crippen LogP contribution in [-0.4, -0.2) is 55.1 Å². The van der Waals surface area contributed by atoms with Crippen LogP contribution in [-0.2, 0) is 4.79 Å². The summed E-state index contributed by atoms with van der Waals surface area (Å²) in [7, 11) is 0. The molecule has 8 atom stereocenters. The monoisotopic (exact) mass is 558 g/mol. The van der Waals surface area contributed by atoms with Gasteiger partial charge >= 0.3 is 5.97 Å². The molecule has 0 spiro atoms. The van der Waals surface area contributed by atoms with Crippen LogP contribution in [0.5, 0.6) is 0 Å². The Bertz CT molecular complexity index is 1350. The minimum atomic E-state index is -0.902. The van der Waals surface area contributed by atoms with Crippen LogP contribution in [0.15, 0.2) is 41.3 Å². The highest BCUT2D eigenvalue weighted by atomic mass is 16.4. The first-order chi connectivity index (χ1) is 19.9. The molecule has 4 bridgehead atoms. The predicted octanol–water partition coefficient (Wildman–Crippen LogP) is 6.29. The quantitative estimate of drug-likeness (QED) is 0.464. The molecule has 2 aliphatic carbocycles. The summed E-state index contributed by atoms with van der Waals surface area (Å²) in [6.07, 6.45) is 15.2. The second-order valence-corrected chi connectivity index (χ2v) is 14.1. The van der Waals surface area contributed by atoms with E-state index in [1.54, 1.807) is 0 Å². The molecule has 4 unspecified atom stereocenters. The fourth-order valence-corrected chi connectivity index (χ4v) is 10.0. The van der Waals surface area contributed by atoms with E-state index < -0.39 is 5.97 Å². The number of fused-ring (bicyclic) bond motifs is 5. The molecule has 7 rings (SSSR count). The van der Waals surface area contributed by atoms with E-state index in [1.807, 2.05) is 29.2 Å². The van der Waals surface area contributed by atoms with Crippen molar-refractivity contribution in [2.45, 2.75) is 121 Å². The van der Waals surface area contributed by atoms with Gasteiger partial charge < -0.3 is 14.6 Å². The number of hydrogen-bond acceptors (Lipinski definition) is 5. The second-order valence-electron chi connectivity index (χ2n) is 14.1. The summed E-state index contributed by atoms with van der Waals surface area (Å²) in [5.74, 6) is 1.78. The van der Waals surface area contributed by atoms with Crippen molar-refractivity contribution in [1.82, 2.24) is 19.4 Å². The molecule has 1 aromatic carbocycles. The molecule has 0 amide bonds. The Labute approximate surface area is 243 Å². The number of hydrogen-bond donors (Lipinski definition) is 1. The Hall–Kier alpha value is -2.67. The zero-order chi connectivity index (χ0) is 28.2. The molecular weight excluding hydrogens is 512 g/mol. The Kier molecular flexibility index (Phi) is 7.21. The van der Waals surface area contributed by atoms with Gasteiger partial charge in [-0.1, -0.05) is 32.1 Å². The summed E-state index contributed by atoms with van der Waals surface area (Å²) in [4.78, 5) is 35.9. The van der Waals surface area contributed by atoms with Gasteiger partial charge in [-0.2, -0.15) is 0 Å². The van der Waals surface area contributed by atoms with Crippen LogP contribution in [0.25, 0.3) is 11.0 Å². The van der Waals surface area contributed by atoms with Crippen molar-refractivity contribution in [2.24, 2.45) is 17.8 Å². The number of aromatic nitrogens is 2. The van der Waals surface area contributed by atoms with E-state index in [1.165, 1.54) is 51.4 Å². The van der Waals surface area contributed by atoms with E-state index in [0.717, 1.165) is 66.6 Å². The molecule has 0 radical (unpaired) electrons. The lowest BCUT2D eigenvalue weighted by Gasteiger charge is -2.56. The third-order valence-corrected chi connectivity index (χ3v) is 11.3. The number of likely N-dealkylation sites (tertiary alicyclic amines) is 1. The summed E-state index contributed by atoms with van der Waals surface area (Å²) >= 11 is 0. The van der Waals surface area contributed by atoms with Gasteiger partial charge in [-0.25, -0.2) is 4.98 Å². The summed E-state index contributed by atoms with van der Waals surface area (Å²) in [6.45, 7) is 6.47. The Morgan fingerprint density at radius 2 is 1.63 bits per heavy atom. The second kappa shape index (κ2) is 10.9. The van der Waals surface area contributed by atoms with Gasteiger partial charge in [0.25, 0.3) is 5.56 Å². The first-order valence-corrected chi connectivity index (χ1v) is 16.3. The molecule has 1 aromatic heterocycles. The molecule has 2 aromatic rings. The summed E-state index contributed by atoms with van der Waals surface area (Å²) in [6, 6.07) is 9.63. The van der Waals surface area contributed by atoms with Gasteiger partial charge in [0.05, 0.1) is 17.1 Å². The molecule has 41 heavy (non-hydrogen) atoms. The van der Waals surface area contributed by atoms with Crippen LogP contribution in [0.2, 0.25) is 0 Å². The summed E-state index contributed by atoms with van der Waals surface area (Å²) < 4.78 is 2.08. The molecule has 5 fully saturated rings. The smallest absolute Gasteiger partial charge is 0.323 e. The highest BCUT2D eigenvalue weighted by molar-refractivity contribution is 5.75. The fourth-order valence-electron chi connectivity index (χ4n) is 10.0. The molecule has 7 heteroatoms. The van der Waals surface area contributed by atoms with E-state index in [2.05, 4.69) is 23.0 Å². The van der Waals surface area contributed by atoms with Gasteiger partial charge in [0, 0.05) is 29.9 Å². The zero-order valence-electron chi connectivity index (χ0n) is 24.6. The largest absolute Gasteiger partial charge is 0.480 e. The van der Waals surface area contributed by atoms with Gasteiger partial charge in [-0.05, 0) is 107 Å². The van der Waals surface area contributed by atoms with E-state index in [-0.39, 0.29) is 24.2 Å². The summed E-state index contributed by atoms with van der Waals surface area (Å²) in [5, 5.41) is 9.65. The molecule has 5 aliphatic rings. The number of allylic oxidation sites excluding steroid dienone is 1. The van der Waals surface area contributed by atoms with Crippen molar-refractivity contribution >= 4 is 17.0 Å². The number of nitrogens with zero attached hydrogens (tertiary/aromatic N) is 4. The number of carbonyl (C=O) groups is 1. The van der Waals surface area contributed by atoms with Crippen LogP contribution in [0, 0.1) is 17.8 Å². The van der Waals surface area contributed by atoms with Crippen LogP contribution in [0.1, 0.15) is 108 Å². The third-order valence-electron chi connectivity index (χ3n) is 11.3. The first-order valence-electron chi connectivity index (χ1n) is 16.3. The molecule has 220 valence electrons. The SMILES string of the molecule is C=C1CCCC(c2nc3ccccc3n(C3C[C@H]4CCC[C@@H](C3)N4C3C[C@H]4CC(C)C[C@@H](C3)C4)c2=O)N1CC(=O)O. The minimum absolute atomic E-state index is 0.0310. The lowest BCUT2D eigenvalue weighted by atomic mass is 9.65. The molecule has 2 saturated carbocycles. The average Bonchev–Trinajstić information content (AvgIpc) is 2.92. The lowest BCUT2D eigenvalue weighted by molar-refractivity contribution is -0.138. The average molecular weight is 559 g/mol. The Balaban J connectivity index is 1.23. The first kappa shape index (κ1) is 27.2. The molecule has 4 heterocycles. The number of benzene rings is 1. The van der Waals surface area contributed by atoms with E-state index in [0.29, 0.717) is 23.8 Å². The normalized spacial score (nSPS) is 35.9. The van der Waals surface area contributed by atoms with Crippen LogP contribution < -0.4 is 5.56 Å². The van der Waals surface area contributed by atoms with Crippen molar-refractivity contribution in [3.05, 3.63) is 52.6 Å². The lowest BCUT2D eigenvalue weighted by Crippen LogP contribution is -2.59. The number of aliphatic carboxylic acids is 1. The van der Waals surface area contributed by atoms with Gasteiger partial charge in [-0.15, -0.1) is 0 Å². The van der Waals surface area contributed by atoms with Gasteiger partial charge in [0.15, 0.2) is 0 Å². The molecule has 3 aliphatic heterocycles. The number of carboxylic acids is 1. The van der Waals surface area contributed by atoms with Gasteiger partial charge in [-0.3, -0.25) is 14.5 Å². The van der Waals surface area contributed by atoms with Crippen molar-refractivity contribution in [1.29, 1.82) is 0 Å². The number of carboxylic acid groups (broad SMARTS) is 1. The number of rotatable bonds is 5. The Morgan fingerprint density at radius 1 is 0.927 bits per heavy atom. The predicted molar refractivity (Wildman–Crippen MR) is 161 cm³/mol.